The van der Waals surface area contributed by atoms with E-state index in [1.807, 2.05) is 48.5 Å². The molecule has 2 rings (SSSR count). The van der Waals surface area contributed by atoms with Crippen molar-refractivity contribution in [2.45, 2.75) is 24.7 Å². The molecule has 0 saturated carbocycles. The van der Waals surface area contributed by atoms with Gasteiger partial charge >= 0.3 is 0 Å². The van der Waals surface area contributed by atoms with E-state index in [0.29, 0.717) is 16.7 Å². The van der Waals surface area contributed by atoms with Gasteiger partial charge in [-0.2, -0.15) is 0 Å². The van der Waals surface area contributed by atoms with Crippen LogP contribution in [0.2, 0.25) is 5.02 Å². The van der Waals surface area contributed by atoms with E-state index in [4.69, 9.17) is 11.6 Å². The van der Waals surface area contributed by atoms with Gasteiger partial charge in [-0.15, -0.1) is 11.8 Å². The normalized spacial score (nSPS) is 10.8. The number of hydrogen-bond acceptors (Lipinski definition) is 2. The fraction of sp³-hybridized carbons (Fsp3) is 0.235. The minimum absolute atomic E-state index is 0.130. The molecule has 0 unspecified atom stereocenters. The summed E-state index contributed by atoms with van der Waals surface area (Å²) in [4.78, 5) is 13.1. The summed E-state index contributed by atoms with van der Waals surface area (Å²) in [5.41, 5.74) is 2.01. The molecule has 20 heavy (non-hydrogen) atoms. The number of rotatable bonds is 5. The van der Waals surface area contributed by atoms with Crippen LogP contribution in [0.1, 0.15) is 35.7 Å². The molecule has 0 spiro atoms. The lowest BCUT2D eigenvalue weighted by Crippen LogP contribution is -2.02. The molecule has 2 aromatic carbocycles. The lowest BCUT2D eigenvalue weighted by atomic mass is 10.0. The molecular formula is C17H17ClOS. The zero-order valence-electron chi connectivity index (χ0n) is 11.6. The van der Waals surface area contributed by atoms with Gasteiger partial charge in [-0.3, -0.25) is 4.79 Å². The van der Waals surface area contributed by atoms with E-state index in [1.54, 1.807) is 0 Å². The molecule has 0 bridgehead atoms. The third kappa shape index (κ3) is 3.87. The van der Waals surface area contributed by atoms with Crippen molar-refractivity contribution >= 4 is 29.1 Å². The molecule has 0 aromatic heterocycles. The summed E-state index contributed by atoms with van der Waals surface area (Å²) in [6, 6.07) is 15.5. The van der Waals surface area contributed by atoms with Crippen LogP contribution in [0.4, 0.5) is 0 Å². The zero-order valence-corrected chi connectivity index (χ0v) is 13.2. The third-order valence-corrected chi connectivity index (χ3v) is 4.61. The van der Waals surface area contributed by atoms with Gasteiger partial charge in [-0.1, -0.05) is 61.8 Å². The Morgan fingerprint density at radius 3 is 2.35 bits per heavy atom. The first kappa shape index (κ1) is 15.1. The maximum absolute atomic E-state index is 12.1. The predicted molar refractivity (Wildman–Crippen MR) is 87.0 cm³/mol. The van der Waals surface area contributed by atoms with Crippen LogP contribution in [0.5, 0.6) is 0 Å². The molecule has 3 heteroatoms. The molecule has 2 aromatic rings. The molecule has 0 aliphatic carbocycles. The first-order valence-corrected chi connectivity index (χ1v) is 7.95. The molecule has 0 radical (unpaired) electrons. The number of halogens is 1. The standard InChI is InChI=1S/C17H17ClOS/c1-12(2)13-7-9-14(10-8-13)16(19)11-20-17-6-4-3-5-15(17)18/h3-10,12H,11H2,1-2H3. The molecule has 1 nitrogen and oxygen atoms in total. The van der Waals surface area contributed by atoms with Gasteiger partial charge in [0, 0.05) is 10.5 Å². The Kier molecular flexibility index (Phi) is 5.27. The number of carbonyl (C=O) groups is 1. The Balaban J connectivity index is 2.00. The number of benzene rings is 2. The van der Waals surface area contributed by atoms with Gasteiger partial charge in [0.2, 0.25) is 0 Å². The van der Waals surface area contributed by atoms with Crippen molar-refractivity contribution in [3.8, 4) is 0 Å². The number of ketones is 1. The van der Waals surface area contributed by atoms with Gasteiger partial charge in [0.15, 0.2) is 5.78 Å². The summed E-state index contributed by atoms with van der Waals surface area (Å²) in [5, 5.41) is 0.695. The Labute approximate surface area is 129 Å². The summed E-state index contributed by atoms with van der Waals surface area (Å²) in [6.45, 7) is 4.29. The maximum atomic E-state index is 12.1. The van der Waals surface area contributed by atoms with Crippen LogP contribution in [0.3, 0.4) is 0 Å². The Morgan fingerprint density at radius 2 is 1.75 bits per heavy atom. The second-order valence-corrected chi connectivity index (χ2v) is 6.34. The fourth-order valence-electron chi connectivity index (χ4n) is 1.84. The van der Waals surface area contributed by atoms with Crippen molar-refractivity contribution in [1.29, 1.82) is 0 Å². The van der Waals surface area contributed by atoms with Crippen LogP contribution in [0.15, 0.2) is 53.4 Å². The largest absolute Gasteiger partial charge is 0.293 e. The van der Waals surface area contributed by atoms with Crippen LogP contribution in [-0.2, 0) is 0 Å². The van der Waals surface area contributed by atoms with Gasteiger partial charge in [-0.25, -0.2) is 0 Å². The van der Waals surface area contributed by atoms with Crippen molar-refractivity contribution in [2.75, 3.05) is 5.75 Å². The number of Topliss-reactive ketones (excluding diaryl/α,β-unsaturated/α-hetero) is 1. The Hall–Kier alpha value is -1.25. The van der Waals surface area contributed by atoms with Gasteiger partial charge in [0.25, 0.3) is 0 Å². The predicted octanol–water partition coefficient (Wildman–Crippen LogP) is 5.44. The highest BCUT2D eigenvalue weighted by molar-refractivity contribution is 8.00. The lowest BCUT2D eigenvalue weighted by Gasteiger charge is -2.07. The molecule has 104 valence electrons. The van der Waals surface area contributed by atoms with E-state index in [0.717, 1.165) is 10.5 Å². The van der Waals surface area contributed by atoms with E-state index in [1.165, 1.54) is 17.3 Å². The Bertz CT molecular complexity index is 590. The van der Waals surface area contributed by atoms with E-state index < -0.39 is 0 Å². The van der Waals surface area contributed by atoms with Gasteiger partial charge < -0.3 is 0 Å². The van der Waals surface area contributed by atoms with E-state index in [9.17, 15) is 4.79 Å². The number of hydrogen-bond donors (Lipinski definition) is 0. The van der Waals surface area contributed by atoms with Crippen molar-refractivity contribution in [1.82, 2.24) is 0 Å². The topological polar surface area (TPSA) is 17.1 Å². The fourth-order valence-corrected chi connectivity index (χ4v) is 2.98. The summed E-state index contributed by atoms with van der Waals surface area (Å²) in [5.74, 6) is 1.02. The number of thioether (sulfide) groups is 1. The summed E-state index contributed by atoms with van der Waals surface area (Å²) in [7, 11) is 0. The van der Waals surface area contributed by atoms with Crippen LogP contribution in [-0.4, -0.2) is 11.5 Å². The van der Waals surface area contributed by atoms with Crippen LogP contribution < -0.4 is 0 Å². The molecule has 0 aliphatic heterocycles. The lowest BCUT2D eigenvalue weighted by molar-refractivity contribution is 0.102. The Morgan fingerprint density at radius 1 is 1.10 bits per heavy atom. The van der Waals surface area contributed by atoms with Crippen molar-refractivity contribution in [3.05, 3.63) is 64.7 Å². The molecule has 0 fully saturated rings. The number of carbonyl (C=O) groups excluding carboxylic acids is 1. The average molecular weight is 305 g/mol. The highest BCUT2D eigenvalue weighted by Gasteiger charge is 2.09. The highest BCUT2D eigenvalue weighted by atomic mass is 35.5. The van der Waals surface area contributed by atoms with Gasteiger partial charge in [-0.05, 0) is 23.6 Å². The zero-order chi connectivity index (χ0) is 14.5. The summed E-state index contributed by atoms with van der Waals surface area (Å²) >= 11 is 7.56. The second kappa shape index (κ2) is 6.96. The SMILES string of the molecule is CC(C)c1ccc(C(=O)CSc2ccccc2Cl)cc1. The second-order valence-electron chi connectivity index (χ2n) is 4.92. The average Bonchev–Trinajstić information content (AvgIpc) is 2.46. The van der Waals surface area contributed by atoms with Crippen molar-refractivity contribution in [3.63, 3.8) is 0 Å². The smallest absolute Gasteiger partial charge is 0.173 e. The quantitative estimate of drug-likeness (QED) is 0.540. The van der Waals surface area contributed by atoms with Crippen LogP contribution >= 0.6 is 23.4 Å². The molecular weight excluding hydrogens is 288 g/mol. The molecule has 0 heterocycles. The molecule has 0 atom stereocenters. The molecule has 0 amide bonds. The minimum atomic E-state index is 0.130. The first-order chi connectivity index (χ1) is 9.58. The minimum Gasteiger partial charge on any atom is -0.293 e. The first-order valence-electron chi connectivity index (χ1n) is 6.58. The summed E-state index contributed by atoms with van der Waals surface area (Å²) in [6.07, 6.45) is 0. The van der Waals surface area contributed by atoms with Crippen LogP contribution in [0.25, 0.3) is 0 Å². The van der Waals surface area contributed by atoms with Gasteiger partial charge in [0.05, 0.1) is 10.8 Å². The van der Waals surface area contributed by atoms with Crippen LogP contribution in [0, 0.1) is 0 Å². The molecule has 0 aliphatic rings. The molecule has 0 saturated heterocycles. The van der Waals surface area contributed by atoms with Crippen molar-refractivity contribution in [2.24, 2.45) is 0 Å². The van der Waals surface area contributed by atoms with Gasteiger partial charge in [0.1, 0.15) is 0 Å². The third-order valence-electron chi connectivity index (χ3n) is 3.09. The van der Waals surface area contributed by atoms with Crippen molar-refractivity contribution < 1.29 is 4.79 Å². The van der Waals surface area contributed by atoms with E-state index in [2.05, 4.69) is 13.8 Å². The monoisotopic (exact) mass is 304 g/mol. The molecule has 0 N–H and O–H groups in total. The maximum Gasteiger partial charge on any atom is 0.173 e. The summed E-state index contributed by atoms with van der Waals surface area (Å²) < 4.78 is 0. The van der Waals surface area contributed by atoms with E-state index in [-0.39, 0.29) is 5.78 Å². The highest BCUT2D eigenvalue weighted by Crippen LogP contribution is 2.27. The van der Waals surface area contributed by atoms with E-state index >= 15 is 0 Å².